The van der Waals surface area contributed by atoms with Crippen LogP contribution in [0.15, 0.2) is 12.7 Å². The number of carbonyl (C=O) groups excluding carboxylic acids is 2. The second-order valence-corrected chi connectivity index (χ2v) is 12.1. The van der Waals surface area contributed by atoms with E-state index in [0.29, 0.717) is 12.8 Å². The smallest absolute Gasteiger partial charge is 0.306 e. The molecule has 0 aliphatic carbocycles. The third-order valence-electron chi connectivity index (χ3n) is 8.14. The van der Waals surface area contributed by atoms with Crippen molar-refractivity contribution in [1.29, 1.82) is 0 Å². The number of ether oxygens (including phenoxy) is 6. The molecule has 11 atom stereocenters. The minimum Gasteiger partial charge on any atom is -0.462 e. The van der Waals surface area contributed by atoms with Gasteiger partial charge in [-0.3, -0.25) is 9.59 Å². The topological polar surface area (TPSA) is 231 Å². The number of unbranched alkanes of at least 4 members (excludes halogenated alkanes) is 8. The molecule has 2 heterocycles. The third-order valence-corrected chi connectivity index (χ3v) is 8.14. The van der Waals surface area contributed by atoms with E-state index in [1.807, 2.05) is 6.08 Å². The van der Waals surface area contributed by atoms with E-state index in [1.54, 1.807) is 0 Å². The van der Waals surface area contributed by atoms with Crippen molar-refractivity contribution in [3.05, 3.63) is 12.7 Å². The molecule has 2 aliphatic rings. The molecule has 0 unspecified atom stereocenters. The van der Waals surface area contributed by atoms with Gasteiger partial charge in [0.1, 0.15) is 55.4 Å². The van der Waals surface area contributed by atoms with Crippen molar-refractivity contribution in [1.82, 2.24) is 0 Å². The van der Waals surface area contributed by atoms with Gasteiger partial charge in [-0.05, 0) is 25.7 Å². The zero-order valence-corrected chi connectivity index (χ0v) is 27.3. The largest absolute Gasteiger partial charge is 0.462 e. The van der Waals surface area contributed by atoms with Crippen LogP contribution >= 0.6 is 0 Å². The highest BCUT2D eigenvalue weighted by Crippen LogP contribution is 2.26. The first kappa shape index (κ1) is 41.4. The number of aliphatic hydroxyl groups is 7. The van der Waals surface area contributed by atoms with Gasteiger partial charge in [-0.2, -0.15) is 0 Å². The van der Waals surface area contributed by atoms with E-state index in [9.17, 15) is 45.3 Å². The maximum atomic E-state index is 12.6. The summed E-state index contributed by atoms with van der Waals surface area (Å²) in [4.78, 5) is 24.9. The molecule has 47 heavy (non-hydrogen) atoms. The van der Waals surface area contributed by atoms with Gasteiger partial charge >= 0.3 is 11.9 Å². The molecule has 0 amide bonds. The molecule has 0 saturated carbocycles. The highest BCUT2D eigenvalue weighted by atomic mass is 16.7. The Morgan fingerprint density at radius 2 is 1.26 bits per heavy atom. The SMILES string of the molecule is C=CCCCCCCCC(=O)O[C@H](COC(=O)CCCCCC)CO[C@@H]1O[C@H](CO[C@H]2O[C@H](CO)[C@H](O)[C@H](O)[C@H]2O)[C@H](O)[C@H](O)[C@H]1O. The Morgan fingerprint density at radius 3 is 1.89 bits per heavy atom. The third kappa shape index (κ3) is 14.3. The molecule has 15 heteroatoms. The Bertz CT molecular complexity index is 889. The van der Waals surface area contributed by atoms with Crippen LogP contribution < -0.4 is 0 Å². The minimum atomic E-state index is -1.76. The van der Waals surface area contributed by atoms with Gasteiger partial charge in [-0.1, -0.05) is 51.5 Å². The minimum absolute atomic E-state index is 0.147. The second kappa shape index (κ2) is 22.8. The van der Waals surface area contributed by atoms with E-state index in [0.717, 1.165) is 51.4 Å². The second-order valence-electron chi connectivity index (χ2n) is 12.1. The molecule has 2 rings (SSSR count). The molecule has 2 aliphatic heterocycles. The zero-order valence-electron chi connectivity index (χ0n) is 27.3. The van der Waals surface area contributed by atoms with Crippen molar-refractivity contribution in [2.75, 3.05) is 26.4 Å². The van der Waals surface area contributed by atoms with Crippen LogP contribution in [-0.4, -0.2) is 142 Å². The first-order valence-corrected chi connectivity index (χ1v) is 16.7. The molecule has 2 saturated heterocycles. The van der Waals surface area contributed by atoms with Crippen molar-refractivity contribution in [2.45, 2.75) is 151 Å². The van der Waals surface area contributed by atoms with Crippen LogP contribution in [0, 0.1) is 0 Å². The fourth-order valence-corrected chi connectivity index (χ4v) is 5.19. The lowest BCUT2D eigenvalue weighted by Gasteiger charge is -2.42. The predicted octanol–water partition coefficient (Wildman–Crippen LogP) is -0.0308. The normalized spacial score (nSPS) is 31.7. The van der Waals surface area contributed by atoms with Crippen LogP contribution in [0.5, 0.6) is 0 Å². The first-order valence-electron chi connectivity index (χ1n) is 16.7. The highest BCUT2D eigenvalue weighted by Gasteiger charge is 2.47. The monoisotopic (exact) mass is 680 g/mol. The lowest BCUT2D eigenvalue weighted by atomic mass is 9.98. The van der Waals surface area contributed by atoms with Gasteiger partial charge in [0.05, 0.1) is 19.8 Å². The number of aliphatic hydroxyl groups excluding tert-OH is 7. The lowest BCUT2D eigenvalue weighted by Crippen LogP contribution is -2.61. The van der Waals surface area contributed by atoms with E-state index < -0.39 is 92.7 Å². The van der Waals surface area contributed by atoms with Crippen LogP contribution in [0.4, 0.5) is 0 Å². The van der Waals surface area contributed by atoms with Crippen molar-refractivity contribution < 1.29 is 73.8 Å². The summed E-state index contributed by atoms with van der Waals surface area (Å²) >= 11 is 0. The average Bonchev–Trinajstić information content (AvgIpc) is 3.06. The zero-order chi connectivity index (χ0) is 34.8. The molecule has 0 spiro atoms. The van der Waals surface area contributed by atoms with Crippen molar-refractivity contribution in [3.8, 4) is 0 Å². The van der Waals surface area contributed by atoms with Gasteiger partial charge in [0.15, 0.2) is 18.7 Å². The number of hydrogen-bond donors (Lipinski definition) is 7. The molecular weight excluding hydrogens is 624 g/mol. The lowest BCUT2D eigenvalue weighted by molar-refractivity contribution is -0.332. The number of carbonyl (C=O) groups is 2. The van der Waals surface area contributed by atoms with Crippen LogP contribution in [-0.2, 0) is 38.0 Å². The van der Waals surface area contributed by atoms with Gasteiger partial charge in [0.2, 0.25) is 0 Å². The van der Waals surface area contributed by atoms with Crippen LogP contribution in [0.1, 0.15) is 84.0 Å². The summed E-state index contributed by atoms with van der Waals surface area (Å²) < 4.78 is 32.9. The Balaban J connectivity index is 1.96. The summed E-state index contributed by atoms with van der Waals surface area (Å²) in [6.07, 6.45) is -5.64. The Kier molecular flexibility index (Phi) is 20.1. The number of esters is 2. The van der Waals surface area contributed by atoms with Gasteiger partial charge in [-0.15, -0.1) is 6.58 Å². The standard InChI is InChI=1S/C32H56O15/c1-3-5-7-9-10-11-13-15-24(35)45-20(17-42-23(34)14-12-8-6-4-2)18-43-31-30(41)28(39)26(37)22(47-31)19-44-32-29(40)27(38)25(36)21(16-33)46-32/h3,20-22,25-33,36-41H,1,4-19H2,2H3/t20-,21-,22-,25+,26+,27+,28+,29-,30-,31-,32+/m1/s1. The molecule has 7 N–H and O–H groups in total. The number of hydrogen-bond acceptors (Lipinski definition) is 15. The van der Waals surface area contributed by atoms with E-state index in [2.05, 4.69) is 13.5 Å². The molecule has 2 fully saturated rings. The van der Waals surface area contributed by atoms with Gasteiger partial charge < -0.3 is 64.2 Å². The van der Waals surface area contributed by atoms with Crippen molar-refractivity contribution in [3.63, 3.8) is 0 Å². The van der Waals surface area contributed by atoms with Crippen molar-refractivity contribution >= 4 is 11.9 Å². The molecule has 0 aromatic carbocycles. The summed E-state index contributed by atoms with van der Waals surface area (Å²) in [6.45, 7) is 3.86. The van der Waals surface area contributed by atoms with Crippen LogP contribution in [0.3, 0.4) is 0 Å². The highest BCUT2D eigenvalue weighted by molar-refractivity contribution is 5.70. The molecule has 274 valence electrons. The predicted molar refractivity (Wildman–Crippen MR) is 164 cm³/mol. The fraction of sp³-hybridized carbons (Fsp3) is 0.875. The molecule has 0 bridgehead atoms. The molecular formula is C32H56O15. The van der Waals surface area contributed by atoms with Gasteiger partial charge in [0.25, 0.3) is 0 Å². The summed E-state index contributed by atoms with van der Waals surface area (Å²) in [6, 6.07) is 0. The average molecular weight is 681 g/mol. The molecule has 15 nitrogen and oxygen atoms in total. The number of rotatable bonds is 23. The number of allylic oxidation sites excluding steroid dienone is 1. The van der Waals surface area contributed by atoms with Gasteiger partial charge in [0, 0.05) is 12.8 Å². The summed E-state index contributed by atoms with van der Waals surface area (Å²) in [5, 5.41) is 71.0. The summed E-state index contributed by atoms with van der Waals surface area (Å²) in [5.41, 5.74) is 0. The Morgan fingerprint density at radius 1 is 0.702 bits per heavy atom. The van der Waals surface area contributed by atoms with E-state index in [-0.39, 0.29) is 26.1 Å². The quantitative estimate of drug-likeness (QED) is 0.0427. The first-order chi connectivity index (χ1) is 22.5. The Labute approximate surface area is 276 Å². The maximum absolute atomic E-state index is 12.6. The van der Waals surface area contributed by atoms with E-state index in [1.165, 1.54) is 0 Å². The van der Waals surface area contributed by atoms with Crippen LogP contribution in [0.2, 0.25) is 0 Å². The van der Waals surface area contributed by atoms with E-state index in [4.69, 9.17) is 28.4 Å². The Hall–Kier alpha value is -1.76. The maximum Gasteiger partial charge on any atom is 0.306 e. The van der Waals surface area contributed by atoms with Crippen LogP contribution in [0.25, 0.3) is 0 Å². The van der Waals surface area contributed by atoms with E-state index >= 15 is 0 Å². The van der Waals surface area contributed by atoms with Gasteiger partial charge in [-0.25, -0.2) is 0 Å². The molecule has 0 aromatic heterocycles. The fourth-order valence-electron chi connectivity index (χ4n) is 5.19. The molecule has 0 radical (unpaired) electrons. The summed E-state index contributed by atoms with van der Waals surface area (Å²) in [5.74, 6) is -0.977. The summed E-state index contributed by atoms with van der Waals surface area (Å²) in [7, 11) is 0. The molecule has 0 aromatic rings. The van der Waals surface area contributed by atoms with Crippen molar-refractivity contribution in [2.24, 2.45) is 0 Å².